The summed E-state index contributed by atoms with van der Waals surface area (Å²) in [7, 11) is 1.48. The van der Waals surface area contributed by atoms with Crippen molar-refractivity contribution in [1.82, 2.24) is 5.32 Å². The lowest BCUT2D eigenvalue weighted by molar-refractivity contribution is 0.0934. The Labute approximate surface area is 142 Å². The summed E-state index contributed by atoms with van der Waals surface area (Å²) in [5.41, 5.74) is 4.06. The molecule has 0 radical (unpaired) electrons. The normalized spacial score (nSPS) is 14.6. The number of carbonyl (C=O) groups is 1. The molecule has 24 heavy (non-hydrogen) atoms. The molecule has 0 aliphatic heterocycles. The van der Waals surface area contributed by atoms with Crippen molar-refractivity contribution in [1.29, 1.82) is 0 Å². The van der Waals surface area contributed by atoms with Crippen molar-refractivity contribution < 1.29 is 14.6 Å². The van der Waals surface area contributed by atoms with E-state index in [1.54, 1.807) is 12.1 Å². The van der Waals surface area contributed by atoms with Crippen LogP contribution >= 0.6 is 0 Å². The van der Waals surface area contributed by atoms with Gasteiger partial charge in [-0.25, -0.2) is 0 Å². The van der Waals surface area contributed by atoms with Gasteiger partial charge in [0.2, 0.25) is 0 Å². The molecular weight excluding hydrogens is 302 g/mol. The zero-order valence-electron chi connectivity index (χ0n) is 14.1. The third-order valence-corrected chi connectivity index (χ3v) is 4.67. The van der Waals surface area contributed by atoms with Crippen LogP contribution < -0.4 is 10.1 Å². The Morgan fingerprint density at radius 1 is 1.17 bits per heavy atom. The number of hydrogen-bond acceptors (Lipinski definition) is 3. The van der Waals surface area contributed by atoms with Crippen LogP contribution in [0.1, 0.15) is 52.9 Å². The average Bonchev–Trinajstić information content (AvgIpc) is 2.60. The van der Waals surface area contributed by atoms with Gasteiger partial charge in [-0.05, 0) is 61.4 Å². The third-order valence-electron chi connectivity index (χ3n) is 4.67. The van der Waals surface area contributed by atoms with E-state index in [2.05, 4.69) is 23.5 Å². The van der Waals surface area contributed by atoms with E-state index < -0.39 is 0 Å². The number of carbonyl (C=O) groups excluding carboxylic acids is 1. The van der Waals surface area contributed by atoms with Gasteiger partial charge in [0.15, 0.2) is 0 Å². The van der Waals surface area contributed by atoms with Crippen LogP contribution in [0.4, 0.5) is 0 Å². The number of benzene rings is 2. The van der Waals surface area contributed by atoms with Crippen LogP contribution in [-0.4, -0.2) is 18.1 Å². The maximum absolute atomic E-state index is 12.6. The molecule has 0 heterocycles. The van der Waals surface area contributed by atoms with Crippen molar-refractivity contribution in [2.45, 2.75) is 38.6 Å². The SMILES string of the molecule is COc1cccc(O)c1C(=O)NC(C)c1ccc2c(c1)CCCC2. The highest BCUT2D eigenvalue weighted by atomic mass is 16.5. The largest absolute Gasteiger partial charge is 0.507 e. The van der Waals surface area contributed by atoms with Crippen LogP contribution in [0.3, 0.4) is 0 Å². The molecule has 2 aromatic rings. The highest BCUT2D eigenvalue weighted by molar-refractivity contribution is 5.99. The van der Waals surface area contributed by atoms with Gasteiger partial charge in [0, 0.05) is 0 Å². The number of rotatable bonds is 4. The second-order valence-corrected chi connectivity index (χ2v) is 6.28. The minimum absolute atomic E-state index is 0.0792. The fourth-order valence-electron chi connectivity index (χ4n) is 3.29. The van der Waals surface area contributed by atoms with Crippen molar-refractivity contribution in [3.63, 3.8) is 0 Å². The molecule has 2 N–H and O–H groups in total. The quantitative estimate of drug-likeness (QED) is 0.899. The maximum Gasteiger partial charge on any atom is 0.259 e. The van der Waals surface area contributed by atoms with Gasteiger partial charge in [-0.1, -0.05) is 24.3 Å². The van der Waals surface area contributed by atoms with Gasteiger partial charge in [0.1, 0.15) is 17.1 Å². The molecule has 1 aliphatic carbocycles. The molecule has 1 aliphatic rings. The van der Waals surface area contributed by atoms with Gasteiger partial charge < -0.3 is 15.2 Å². The van der Waals surface area contributed by atoms with Gasteiger partial charge in [0.25, 0.3) is 5.91 Å². The molecule has 3 rings (SSSR count). The summed E-state index contributed by atoms with van der Waals surface area (Å²) in [4.78, 5) is 12.6. The lowest BCUT2D eigenvalue weighted by atomic mass is 9.89. The highest BCUT2D eigenvalue weighted by Crippen LogP contribution is 2.29. The summed E-state index contributed by atoms with van der Waals surface area (Å²) < 4.78 is 5.19. The Bertz CT molecular complexity index is 755. The predicted molar refractivity (Wildman–Crippen MR) is 93.6 cm³/mol. The summed E-state index contributed by atoms with van der Waals surface area (Å²) in [6, 6.07) is 11.1. The summed E-state index contributed by atoms with van der Waals surface area (Å²) in [5.74, 6) is -0.0511. The summed E-state index contributed by atoms with van der Waals surface area (Å²) in [6.45, 7) is 1.95. The van der Waals surface area contributed by atoms with Crippen LogP contribution in [0.25, 0.3) is 0 Å². The molecular formula is C20H23NO3. The van der Waals surface area contributed by atoms with Crippen molar-refractivity contribution in [2.75, 3.05) is 7.11 Å². The van der Waals surface area contributed by atoms with E-state index in [9.17, 15) is 9.90 Å². The minimum atomic E-state index is -0.338. The zero-order chi connectivity index (χ0) is 17.1. The van der Waals surface area contributed by atoms with Crippen molar-refractivity contribution in [3.05, 3.63) is 58.7 Å². The second-order valence-electron chi connectivity index (χ2n) is 6.28. The van der Waals surface area contributed by atoms with E-state index in [1.807, 2.05) is 6.92 Å². The number of hydrogen-bond donors (Lipinski definition) is 2. The van der Waals surface area contributed by atoms with Crippen LogP contribution in [0.5, 0.6) is 11.5 Å². The standard InChI is InChI=1S/C20H23NO3/c1-13(15-11-10-14-6-3-4-7-16(14)12-15)21-20(23)19-17(22)8-5-9-18(19)24-2/h5,8-13,22H,3-4,6-7H2,1-2H3,(H,21,23). The molecule has 0 aromatic heterocycles. The second kappa shape index (κ2) is 6.95. The monoisotopic (exact) mass is 325 g/mol. The molecule has 1 unspecified atom stereocenters. The van der Waals surface area contributed by atoms with Crippen LogP contribution in [0.15, 0.2) is 36.4 Å². The van der Waals surface area contributed by atoms with Gasteiger partial charge in [0.05, 0.1) is 13.2 Å². The number of aryl methyl sites for hydroxylation is 2. The first-order chi connectivity index (χ1) is 11.6. The molecule has 0 bridgehead atoms. The highest BCUT2D eigenvalue weighted by Gasteiger charge is 2.20. The van der Waals surface area contributed by atoms with Crippen molar-refractivity contribution >= 4 is 5.91 Å². The molecule has 0 saturated carbocycles. The summed E-state index contributed by atoms with van der Waals surface area (Å²) in [6.07, 6.45) is 4.74. The number of aromatic hydroxyl groups is 1. The Morgan fingerprint density at radius 2 is 1.92 bits per heavy atom. The fraction of sp³-hybridized carbons (Fsp3) is 0.350. The molecule has 0 fully saturated rings. The Morgan fingerprint density at radius 3 is 2.67 bits per heavy atom. The van der Waals surface area contributed by atoms with E-state index >= 15 is 0 Å². The molecule has 0 spiro atoms. The van der Waals surface area contributed by atoms with E-state index in [4.69, 9.17) is 4.74 Å². The lowest BCUT2D eigenvalue weighted by Crippen LogP contribution is -2.27. The number of methoxy groups -OCH3 is 1. The Kier molecular flexibility index (Phi) is 4.74. The fourth-order valence-corrected chi connectivity index (χ4v) is 3.29. The molecule has 4 nitrogen and oxygen atoms in total. The molecule has 126 valence electrons. The summed E-state index contributed by atoms with van der Waals surface area (Å²) in [5, 5.41) is 12.9. The smallest absolute Gasteiger partial charge is 0.259 e. The molecule has 0 saturated heterocycles. The van der Waals surface area contributed by atoms with Crippen molar-refractivity contribution in [3.8, 4) is 11.5 Å². The molecule has 1 amide bonds. The molecule has 1 atom stereocenters. The van der Waals surface area contributed by atoms with Gasteiger partial charge in [-0.3, -0.25) is 4.79 Å². The third kappa shape index (κ3) is 3.23. The lowest BCUT2D eigenvalue weighted by Gasteiger charge is -2.20. The molecule has 2 aromatic carbocycles. The first kappa shape index (κ1) is 16.4. The number of phenolic OH excluding ortho intramolecular Hbond substituents is 1. The number of fused-ring (bicyclic) bond motifs is 1. The number of ether oxygens (including phenoxy) is 1. The zero-order valence-corrected chi connectivity index (χ0v) is 14.1. The summed E-state index contributed by atoms with van der Waals surface area (Å²) >= 11 is 0. The van der Waals surface area contributed by atoms with Crippen LogP contribution in [0.2, 0.25) is 0 Å². The first-order valence-electron chi connectivity index (χ1n) is 8.38. The van der Waals surface area contributed by atoms with E-state index in [0.717, 1.165) is 18.4 Å². The number of amides is 1. The Balaban J connectivity index is 1.80. The van der Waals surface area contributed by atoms with Crippen LogP contribution in [0, 0.1) is 0 Å². The van der Waals surface area contributed by atoms with Gasteiger partial charge in [-0.2, -0.15) is 0 Å². The van der Waals surface area contributed by atoms with Crippen LogP contribution in [-0.2, 0) is 12.8 Å². The van der Waals surface area contributed by atoms with E-state index in [1.165, 1.54) is 37.1 Å². The van der Waals surface area contributed by atoms with E-state index in [-0.39, 0.29) is 23.3 Å². The minimum Gasteiger partial charge on any atom is -0.507 e. The Hall–Kier alpha value is -2.49. The van der Waals surface area contributed by atoms with E-state index in [0.29, 0.717) is 5.75 Å². The van der Waals surface area contributed by atoms with Gasteiger partial charge >= 0.3 is 0 Å². The topological polar surface area (TPSA) is 58.6 Å². The number of nitrogens with one attached hydrogen (secondary N) is 1. The first-order valence-corrected chi connectivity index (χ1v) is 8.38. The van der Waals surface area contributed by atoms with Crippen molar-refractivity contribution in [2.24, 2.45) is 0 Å². The maximum atomic E-state index is 12.6. The molecule has 4 heteroatoms. The number of phenols is 1. The predicted octanol–water partition coefficient (Wildman–Crippen LogP) is 3.77. The average molecular weight is 325 g/mol. The van der Waals surface area contributed by atoms with Gasteiger partial charge in [-0.15, -0.1) is 0 Å².